The predicted molar refractivity (Wildman–Crippen MR) is 164 cm³/mol. The number of hydrogen-bond donors (Lipinski definition) is 0. The van der Waals surface area contributed by atoms with E-state index in [0.717, 1.165) is 10.8 Å². The third-order valence-corrected chi connectivity index (χ3v) is 9.23. The van der Waals surface area contributed by atoms with Crippen molar-refractivity contribution in [1.29, 1.82) is 0 Å². The first kappa shape index (κ1) is 28.5. The summed E-state index contributed by atoms with van der Waals surface area (Å²) < 4.78 is 37.2. The molecule has 4 aromatic carbocycles. The Bertz CT molecular complexity index is 1850. The lowest BCUT2D eigenvalue weighted by atomic mass is 10.1. The molecule has 0 spiro atoms. The number of benzene rings is 4. The van der Waals surface area contributed by atoms with Crippen molar-refractivity contribution in [2.24, 2.45) is 5.92 Å². The lowest BCUT2D eigenvalue weighted by molar-refractivity contribution is 0.308. The quantitative estimate of drug-likeness (QED) is 0.186. The molecule has 1 unspecified atom stereocenters. The van der Waals surface area contributed by atoms with Gasteiger partial charge in [0.15, 0.2) is 0 Å². The van der Waals surface area contributed by atoms with Gasteiger partial charge < -0.3 is 4.74 Å². The minimum atomic E-state index is -3.96. The van der Waals surface area contributed by atoms with Crippen molar-refractivity contribution >= 4 is 31.7 Å². The van der Waals surface area contributed by atoms with Crippen LogP contribution in [0.25, 0.3) is 27.4 Å². The Balaban J connectivity index is 1.69. The molecule has 212 valence electrons. The Kier molecular flexibility index (Phi) is 8.24. The van der Waals surface area contributed by atoms with Crippen molar-refractivity contribution in [3.05, 3.63) is 107 Å². The molecule has 0 aliphatic rings. The lowest BCUT2D eigenvalue weighted by Crippen LogP contribution is -2.38. The average molecular weight is 570 g/mol. The van der Waals surface area contributed by atoms with Crippen molar-refractivity contribution in [2.45, 2.75) is 45.1 Å². The zero-order chi connectivity index (χ0) is 29.1. The first-order chi connectivity index (χ1) is 19.7. The van der Waals surface area contributed by atoms with E-state index >= 15 is 0 Å². The van der Waals surface area contributed by atoms with Gasteiger partial charge in [-0.05, 0) is 85.5 Å². The van der Waals surface area contributed by atoms with Crippen LogP contribution in [-0.2, 0) is 10.0 Å². The molecule has 0 N–H and O–H groups in total. The molecule has 0 aliphatic heterocycles. The number of aromatic nitrogens is 2. The molecule has 1 aromatic heterocycles. The highest BCUT2D eigenvalue weighted by atomic mass is 32.2. The molecule has 8 heteroatoms. The molecule has 0 fully saturated rings. The fourth-order valence-corrected chi connectivity index (χ4v) is 6.68. The van der Waals surface area contributed by atoms with Gasteiger partial charge in [0.2, 0.25) is 10.0 Å². The van der Waals surface area contributed by atoms with Crippen LogP contribution in [0.3, 0.4) is 0 Å². The second kappa shape index (κ2) is 11.8. The summed E-state index contributed by atoms with van der Waals surface area (Å²) in [6, 6.07) is 26.5. The number of nitrogens with zero attached hydrogens (tertiary/aromatic N) is 3. The third kappa shape index (κ3) is 5.76. The van der Waals surface area contributed by atoms with Crippen LogP contribution in [-0.4, -0.2) is 35.4 Å². The molecule has 0 aliphatic carbocycles. The Morgan fingerprint density at radius 3 is 2.27 bits per heavy atom. The van der Waals surface area contributed by atoms with Crippen LogP contribution < -0.4 is 10.3 Å². The second-order valence-electron chi connectivity index (χ2n) is 10.5. The Morgan fingerprint density at radius 1 is 0.878 bits per heavy atom. The molecule has 41 heavy (non-hydrogen) atoms. The summed E-state index contributed by atoms with van der Waals surface area (Å²) in [7, 11) is -3.96. The van der Waals surface area contributed by atoms with Gasteiger partial charge in [0.05, 0.1) is 34.1 Å². The first-order valence-corrected chi connectivity index (χ1v) is 15.4. The van der Waals surface area contributed by atoms with E-state index in [-0.39, 0.29) is 22.9 Å². The highest BCUT2D eigenvalue weighted by Gasteiger charge is 2.33. The zero-order valence-electron chi connectivity index (χ0n) is 23.8. The highest BCUT2D eigenvalue weighted by Crippen LogP contribution is 2.31. The minimum absolute atomic E-state index is 0.211. The summed E-state index contributed by atoms with van der Waals surface area (Å²) in [5.74, 6) is 1.31. The van der Waals surface area contributed by atoms with Crippen LogP contribution in [0.15, 0.2) is 101 Å². The molecule has 0 saturated heterocycles. The van der Waals surface area contributed by atoms with Crippen LogP contribution in [0.4, 0.5) is 0 Å². The average Bonchev–Trinajstić information content (AvgIpc) is 2.97. The van der Waals surface area contributed by atoms with Gasteiger partial charge >= 0.3 is 0 Å². The Hall–Kier alpha value is -4.01. The van der Waals surface area contributed by atoms with E-state index in [9.17, 15) is 13.2 Å². The molecule has 1 atom stereocenters. The van der Waals surface area contributed by atoms with Gasteiger partial charge in [-0.2, -0.15) is 4.31 Å². The van der Waals surface area contributed by atoms with Crippen LogP contribution in [0, 0.1) is 5.92 Å². The topological polar surface area (TPSA) is 81.5 Å². The number of para-hydroxylation sites is 1. The van der Waals surface area contributed by atoms with Crippen LogP contribution in [0.2, 0.25) is 0 Å². The SMILES string of the molecule is CCOc1ccc(-n2c(C(C)N(CCC(C)C)S(=O)(=O)c3ccc4ccccc4c3)nc3ccccc3c2=O)cc1. The summed E-state index contributed by atoms with van der Waals surface area (Å²) in [6.07, 6.45) is 0.651. The largest absolute Gasteiger partial charge is 0.494 e. The van der Waals surface area contributed by atoms with E-state index < -0.39 is 16.1 Å². The number of rotatable bonds is 10. The maximum Gasteiger partial charge on any atom is 0.266 e. The monoisotopic (exact) mass is 569 g/mol. The van der Waals surface area contributed by atoms with Gasteiger partial charge in [-0.15, -0.1) is 0 Å². The summed E-state index contributed by atoms with van der Waals surface area (Å²) >= 11 is 0. The minimum Gasteiger partial charge on any atom is -0.494 e. The summed E-state index contributed by atoms with van der Waals surface area (Å²) in [6.45, 7) is 8.65. The number of hydrogen-bond acceptors (Lipinski definition) is 5. The van der Waals surface area contributed by atoms with Crippen LogP contribution >= 0.6 is 0 Å². The third-order valence-electron chi connectivity index (χ3n) is 7.27. The number of fused-ring (bicyclic) bond motifs is 2. The van der Waals surface area contributed by atoms with E-state index in [0.29, 0.717) is 41.2 Å². The molecule has 7 nitrogen and oxygen atoms in total. The molecule has 0 saturated carbocycles. The van der Waals surface area contributed by atoms with E-state index in [1.807, 2.05) is 43.3 Å². The summed E-state index contributed by atoms with van der Waals surface area (Å²) in [4.78, 5) is 19.1. The van der Waals surface area contributed by atoms with Gasteiger partial charge in [0.25, 0.3) is 5.56 Å². The van der Waals surface area contributed by atoms with Crippen molar-refractivity contribution in [1.82, 2.24) is 13.9 Å². The molecule has 0 amide bonds. The molecular weight excluding hydrogens is 534 g/mol. The van der Waals surface area contributed by atoms with Gasteiger partial charge in [-0.1, -0.05) is 56.3 Å². The first-order valence-electron chi connectivity index (χ1n) is 14.0. The smallest absolute Gasteiger partial charge is 0.266 e. The second-order valence-corrected chi connectivity index (χ2v) is 12.4. The molecular formula is C33H35N3O4S. The highest BCUT2D eigenvalue weighted by molar-refractivity contribution is 7.89. The van der Waals surface area contributed by atoms with Crippen molar-refractivity contribution in [2.75, 3.05) is 13.2 Å². The Labute approximate surface area is 241 Å². The van der Waals surface area contributed by atoms with Crippen LogP contribution in [0.1, 0.15) is 46.0 Å². The molecule has 5 rings (SSSR count). The van der Waals surface area contributed by atoms with Gasteiger partial charge in [-0.25, -0.2) is 13.4 Å². The lowest BCUT2D eigenvalue weighted by Gasteiger charge is -2.30. The number of ether oxygens (including phenoxy) is 1. The van der Waals surface area contributed by atoms with Gasteiger partial charge in [0.1, 0.15) is 11.6 Å². The van der Waals surface area contributed by atoms with Gasteiger partial charge in [0, 0.05) is 6.54 Å². The fourth-order valence-electron chi connectivity index (χ4n) is 5.04. The molecule has 5 aromatic rings. The molecule has 1 heterocycles. The molecule has 0 bridgehead atoms. The molecule has 0 radical (unpaired) electrons. The van der Waals surface area contributed by atoms with Gasteiger partial charge in [-0.3, -0.25) is 9.36 Å². The van der Waals surface area contributed by atoms with Crippen molar-refractivity contribution in [3.8, 4) is 11.4 Å². The summed E-state index contributed by atoms with van der Waals surface area (Å²) in [5, 5.41) is 2.28. The van der Waals surface area contributed by atoms with E-state index in [1.54, 1.807) is 61.5 Å². The normalized spacial score (nSPS) is 12.8. The van der Waals surface area contributed by atoms with E-state index in [2.05, 4.69) is 13.8 Å². The maximum absolute atomic E-state index is 14.3. The maximum atomic E-state index is 14.3. The summed E-state index contributed by atoms with van der Waals surface area (Å²) in [5.41, 5.74) is 0.854. The van der Waals surface area contributed by atoms with Crippen molar-refractivity contribution < 1.29 is 13.2 Å². The van der Waals surface area contributed by atoms with E-state index in [4.69, 9.17) is 9.72 Å². The zero-order valence-corrected chi connectivity index (χ0v) is 24.6. The fraction of sp³-hybridized carbons (Fsp3) is 0.273. The number of sulfonamides is 1. The predicted octanol–water partition coefficient (Wildman–Crippen LogP) is 6.74. The van der Waals surface area contributed by atoms with Crippen LogP contribution in [0.5, 0.6) is 5.75 Å². The Morgan fingerprint density at radius 2 is 1.56 bits per heavy atom. The standard InChI is InChI=1S/C33H35N3O4S/c1-5-40-28-17-15-27(16-18-28)36-32(34-31-13-9-8-12-30(31)33(36)37)24(4)35(21-20-23(2)3)41(38,39)29-19-14-25-10-6-7-11-26(25)22-29/h6-19,22-24H,5,20-21H2,1-4H3. The van der Waals surface area contributed by atoms with E-state index in [1.165, 1.54) is 8.87 Å². The van der Waals surface area contributed by atoms with Crippen molar-refractivity contribution in [3.63, 3.8) is 0 Å².